The van der Waals surface area contributed by atoms with Gasteiger partial charge in [-0.15, -0.1) is 0 Å². The van der Waals surface area contributed by atoms with Crippen molar-refractivity contribution in [1.82, 2.24) is 0 Å². The molecule has 1 rings (SSSR count). The third-order valence-corrected chi connectivity index (χ3v) is 2.79. The second-order valence-electron chi connectivity index (χ2n) is 5.01. The van der Waals surface area contributed by atoms with Crippen LogP contribution < -0.4 is 0 Å². The molecule has 2 atom stereocenters. The van der Waals surface area contributed by atoms with Crippen LogP contribution in [0.1, 0.15) is 86.5 Å². The van der Waals surface area contributed by atoms with Crippen molar-refractivity contribution in [1.29, 1.82) is 0 Å². The molecule has 15 heavy (non-hydrogen) atoms. The molecule has 0 bridgehead atoms. The summed E-state index contributed by atoms with van der Waals surface area (Å²) in [7, 11) is 0. The van der Waals surface area contributed by atoms with E-state index in [-0.39, 0.29) is 0 Å². The maximum absolute atomic E-state index is 2.40. The van der Waals surface area contributed by atoms with E-state index in [1.165, 1.54) is 44.9 Å². The van der Waals surface area contributed by atoms with Gasteiger partial charge in [0.15, 0.2) is 0 Å². The molecule has 0 spiro atoms. The molecule has 1 saturated carbocycles. The SMILES string of the molecule is CC1CCCCCC1C.CCC.CCC. The Bertz CT molecular complexity index is 84.2. The van der Waals surface area contributed by atoms with Crippen LogP contribution in [0.25, 0.3) is 0 Å². The largest absolute Gasteiger partial charge is 0.0656 e. The van der Waals surface area contributed by atoms with E-state index in [0.29, 0.717) is 0 Å². The molecule has 0 heteroatoms. The zero-order valence-electron chi connectivity index (χ0n) is 12.1. The van der Waals surface area contributed by atoms with Crippen LogP contribution in [0.4, 0.5) is 0 Å². The Morgan fingerprint density at radius 2 is 0.933 bits per heavy atom. The van der Waals surface area contributed by atoms with E-state index in [1.54, 1.807) is 0 Å². The number of hydrogen-bond acceptors (Lipinski definition) is 0. The molecule has 0 aromatic heterocycles. The lowest BCUT2D eigenvalue weighted by Gasteiger charge is -2.14. The molecule has 1 aliphatic rings. The Morgan fingerprint density at radius 1 is 0.667 bits per heavy atom. The summed E-state index contributed by atoms with van der Waals surface area (Å²) in [6.07, 6.45) is 9.88. The fourth-order valence-corrected chi connectivity index (χ4v) is 1.68. The first-order valence-electron chi connectivity index (χ1n) is 7.13. The van der Waals surface area contributed by atoms with E-state index in [1.807, 2.05) is 0 Å². The highest BCUT2D eigenvalue weighted by Crippen LogP contribution is 2.27. The minimum atomic E-state index is 0.993. The summed E-state index contributed by atoms with van der Waals surface area (Å²) in [5, 5.41) is 0. The lowest BCUT2D eigenvalue weighted by molar-refractivity contribution is 0.367. The fourth-order valence-electron chi connectivity index (χ4n) is 1.68. The third-order valence-electron chi connectivity index (χ3n) is 2.79. The van der Waals surface area contributed by atoms with Crippen LogP contribution in [0.2, 0.25) is 0 Å². The molecule has 1 aliphatic carbocycles. The van der Waals surface area contributed by atoms with E-state index in [9.17, 15) is 0 Å². The van der Waals surface area contributed by atoms with Crippen molar-refractivity contribution < 1.29 is 0 Å². The van der Waals surface area contributed by atoms with Gasteiger partial charge >= 0.3 is 0 Å². The minimum Gasteiger partial charge on any atom is -0.0656 e. The van der Waals surface area contributed by atoms with Gasteiger partial charge in [-0.05, 0) is 11.8 Å². The van der Waals surface area contributed by atoms with Crippen molar-refractivity contribution >= 4 is 0 Å². The molecule has 0 aromatic carbocycles. The predicted molar refractivity (Wildman–Crippen MR) is 73.3 cm³/mol. The highest BCUT2D eigenvalue weighted by Gasteiger charge is 2.14. The first-order chi connectivity index (χ1) is 7.13. The van der Waals surface area contributed by atoms with Crippen LogP contribution >= 0.6 is 0 Å². The zero-order valence-corrected chi connectivity index (χ0v) is 12.1. The average Bonchev–Trinajstić information content (AvgIpc) is 2.35. The Hall–Kier alpha value is 0. The molecule has 94 valence electrons. The molecule has 2 unspecified atom stereocenters. The van der Waals surface area contributed by atoms with Gasteiger partial charge in [0.1, 0.15) is 0 Å². The van der Waals surface area contributed by atoms with Crippen LogP contribution in [-0.4, -0.2) is 0 Å². The standard InChI is InChI=1S/C9H18.2C3H8/c1-8-6-4-3-5-7-9(8)2;2*1-3-2/h8-9H,3-7H2,1-2H3;2*3H2,1-2H3. The molecule has 1 fully saturated rings. The van der Waals surface area contributed by atoms with Crippen molar-refractivity contribution in [2.45, 2.75) is 86.5 Å². The van der Waals surface area contributed by atoms with E-state index in [2.05, 4.69) is 41.5 Å². The van der Waals surface area contributed by atoms with Crippen LogP contribution in [0.5, 0.6) is 0 Å². The Morgan fingerprint density at radius 3 is 1.20 bits per heavy atom. The molecule has 0 heterocycles. The Balaban J connectivity index is 0. The van der Waals surface area contributed by atoms with Crippen LogP contribution in [0.15, 0.2) is 0 Å². The second-order valence-corrected chi connectivity index (χ2v) is 5.01. The van der Waals surface area contributed by atoms with Crippen molar-refractivity contribution in [2.75, 3.05) is 0 Å². The van der Waals surface area contributed by atoms with Gasteiger partial charge < -0.3 is 0 Å². The van der Waals surface area contributed by atoms with Gasteiger partial charge in [0, 0.05) is 0 Å². The van der Waals surface area contributed by atoms with Gasteiger partial charge in [-0.25, -0.2) is 0 Å². The van der Waals surface area contributed by atoms with Crippen LogP contribution in [0, 0.1) is 11.8 Å². The maximum Gasteiger partial charge on any atom is -0.0417 e. The van der Waals surface area contributed by atoms with Crippen molar-refractivity contribution in [3.8, 4) is 0 Å². The van der Waals surface area contributed by atoms with Crippen LogP contribution in [-0.2, 0) is 0 Å². The monoisotopic (exact) mass is 214 g/mol. The van der Waals surface area contributed by atoms with Gasteiger partial charge in [-0.2, -0.15) is 0 Å². The predicted octanol–water partition coefficient (Wildman–Crippen LogP) is 6.06. The van der Waals surface area contributed by atoms with Crippen molar-refractivity contribution in [3.05, 3.63) is 0 Å². The van der Waals surface area contributed by atoms with Crippen LogP contribution in [0.3, 0.4) is 0 Å². The number of hydrogen-bond donors (Lipinski definition) is 0. The number of rotatable bonds is 0. The first kappa shape index (κ1) is 17.4. The Labute approximate surface area is 98.9 Å². The van der Waals surface area contributed by atoms with Gasteiger partial charge in [0.05, 0.1) is 0 Å². The fraction of sp³-hybridized carbons (Fsp3) is 1.00. The molecular weight excluding hydrogens is 180 g/mol. The second kappa shape index (κ2) is 14.0. The molecule has 0 amide bonds. The first-order valence-corrected chi connectivity index (χ1v) is 7.13. The summed E-state index contributed by atoms with van der Waals surface area (Å²) < 4.78 is 0. The van der Waals surface area contributed by atoms with Gasteiger partial charge in [0.25, 0.3) is 0 Å². The maximum atomic E-state index is 2.40. The summed E-state index contributed by atoms with van der Waals surface area (Å²) in [4.78, 5) is 0. The van der Waals surface area contributed by atoms with E-state index >= 15 is 0 Å². The molecule has 0 N–H and O–H groups in total. The summed E-state index contributed by atoms with van der Waals surface area (Å²) in [6.45, 7) is 13.3. The summed E-state index contributed by atoms with van der Waals surface area (Å²) in [5.74, 6) is 1.99. The highest BCUT2D eigenvalue weighted by atomic mass is 14.2. The average molecular weight is 214 g/mol. The smallest absolute Gasteiger partial charge is 0.0417 e. The molecule has 0 saturated heterocycles. The zero-order chi connectivity index (χ0) is 12.1. The lowest BCUT2D eigenvalue weighted by Crippen LogP contribution is -2.04. The summed E-state index contributed by atoms with van der Waals surface area (Å²) in [6, 6.07) is 0. The van der Waals surface area contributed by atoms with Crippen molar-refractivity contribution in [2.24, 2.45) is 11.8 Å². The molecule has 0 radical (unpaired) electrons. The highest BCUT2D eigenvalue weighted by molar-refractivity contribution is 4.66. The molecule has 0 aliphatic heterocycles. The molecule has 0 nitrogen and oxygen atoms in total. The minimum absolute atomic E-state index is 0.993. The summed E-state index contributed by atoms with van der Waals surface area (Å²) >= 11 is 0. The van der Waals surface area contributed by atoms with Gasteiger partial charge in [0.2, 0.25) is 0 Å². The van der Waals surface area contributed by atoms with Gasteiger partial charge in [-0.1, -0.05) is 86.5 Å². The van der Waals surface area contributed by atoms with Gasteiger partial charge in [-0.3, -0.25) is 0 Å². The Kier molecular flexibility index (Phi) is 16.2. The quantitative estimate of drug-likeness (QED) is 0.430. The topological polar surface area (TPSA) is 0 Å². The molecule has 0 aromatic rings. The normalized spacial score (nSPS) is 25.2. The van der Waals surface area contributed by atoms with E-state index in [0.717, 1.165) is 11.8 Å². The van der Waals surface area contributed by atoms with E-state index in [4.69, 9.17) is 0 Å². The van der Waals surface area contributed by atoms with E-state index < -0.39 is 0 Å². The third kappa shape index (κ3) is 14.0. The van der Waals surface area contributed by atoms with Crippen molar-refractivity contribution in [3.63, 3.8) is 0 Å². The summed E-state index contributed by atoms with van der Waals surface area (Å²) in [5.41, 5.74) is 0. The lowest BCUT2D eigenvalue weighted by atomic mass is 9.92. The molecular formula is C15H34.